The summed E-state index contributed by atoms with van der Waals surface area (Å²) < 4.78 is 36.7. The molecule has 1 amide bonds. The maximum atomic E-state index is 12.2. The topological polar surface area (TPSA) is 55.1 Å². The number of para-hydroxylation sites is 1. The van der Waals surface area contributed by atoms with Crippen LogP contribution in [-0.4, -0.2) is 18.1 Å². The molecule has 3 nitrogen and oxygen atoms in total. The van der Waals surface area contributed by atoms with Gasteiger partial charge in [0, 0.05) is 24.6 Å². The van der Waals surface area contributed by atoms with E-state index in [0.29, 0.717) is 17.7 Å². The molecule has 0 heterocycles. The first-order valence-electron chi connectivity index (χ1n) is 6.48. The summed E-state index contributed by atoms with van der Waals surface area (Å²) in [7, 11) is 0. The maximum Gasteiger partial charge on any atom is 0.389 e. The van der Waals surface area contributed by atoms with Crippen LogP contribution in [0.25, 0.3) is 0 Å². The minimum absolute atomic E-state index is 0. The fourth-order valence-electron chi connectivity index (χ4n) is 1.71. The molecule has 0 bridgehead atoms. The zero-order valence-corrected chi connectivity index (χ0v) is 12.6. The molecule has 1 rings (SSSR count). The molecule has 0 aromatic heterocycles. The van der Waals surface area contributed by atoms with Crippen molar-refractivity contribution in [1.82, 2.24) is 0 Å². The van der Waals surface area contributed by atoms with Crippen molar-refractivity contribution < 1.29 is 18.0 Å². The molecule has 0 saturated heterocycles. The Morgan fingerprint density at radius 3 is 2.52 bits per heavy atom. The molecule has 0 saturated carbocycles. The van der Waals surface area contributed by atoms with E-state index in [0.717, 1.165) is 0 Å². The molecular formula is C14H20ClF3N2O. The number of halogens is 4. The van der Waals surface area contributed by atoms with E-state index in [-0.39, 0.29) is 37.2 Å². The van der Waals surface area contributed by atoms with Crippen molar-refractivity contribution in [3.63, 3.8) is 0 Å². The summed E-state index contributed by atoms with van der Waals surface area (Å²) >= 11 is 0. The first kappa shape index (κ1) is 19.7. The quantitative estimate of drug-likeness (QED) is 0.839. The van der Waals surface area contributed by atoms with E-state index >= 15 is 0 Å². The molecule has 0 aliphatic carbocycles. The van der Waals surface area contributed by atoms with Crippen LogP contribution in [0.1, 0.15) is 31.7 Å². The Hall–Kier alpha value is -1.27. The van der Waals surface area contributed by atoms with Gasteiger partial charge in [-0.25, -0.2) is 0 Å². The number of hydrogen-bond donors (Lipinski definition) is 2. The fourth-order valence-corrected chi connectivity index (χ4v) is 1.71. The lowest BCUT2D eigenvalue weighted by molar-refractivity contribution is -0.133. The summed E-state index contributed by atoms with van der Waals surface area (Å²) in [6, 6.07) is 6.45. The van der Waals surface area contributed by atoms with Crippen molar-refractivity contribution in [3.05, 3.63) is 29.8 Å². The van der Waals surface area contributed by atoms with Crippen molar-refractivity contribution in [1.29, 1.82) is 0 Å². The molecule has 1 aromatic rings. The lowest BCUT2D eigenvalue weighted by Crippen LogP contribution is -2.20. The highest BCUT2D eigenvalue weighted by molar-refractivity contribution is 5.91. The molecular weight excluding hydrogens is 305 g/mol. The minimum Gasteiger partial charge on any atom is -0.328 e. The number of aryl methyl sites for hydroxylation is 1. The highest BCUT2D eigenvalue weighted by Crippen LogP contribution is 2.25. The molecule has 1 aromatic carbocycles. The monoisotopic (exact) mass is 324 g/mol. The van der Waals surface area contributed by atoms with E-state index in [2.05, 4.69) is 5.32 Å². The Kier molecular flexibility index (Phi) is 8.36. The van der Waals surface area contributed by atoms with E-state index < -0.39 is 12.6 Å². The number of alkyl halides is 3. The lowest BCUT2D eigenvalue weighted by atomic mass is 10.1. The predicted octanol–water partition coefficient (Wildman–Crippen LogP) is 3.67. The standard InChI is InChI=1S/C14H19F3N2O.ClH/c1-10(18)6-7-13(20)19-12-5-3-2-4-11(12)8-9-14(15,16)17;/h2-5,10H,6-9,18H2,1H3,(H,19,20);1H. The van der Waals surface area contributed by atoms with Gasteiger partial charge in [-0.1, -0.05) is 18.2 Å². The number of hydrogen-bond acceptors (Lipinski definition) is 2. The number of anilines is 1. The summed E-state index contributed by atoms with van der Waals surface area (Å²) in [6.45, 7) is 1.80. The summed E-state index contributed by atoms with van der Waals surface area (Å²) in [5.41, 5.74) is 6.48. The molecule has 0 radical (unpaired) electrons. The van der Waals surface area contributed by atoms with Gasteiger partial charge in [0.1, 0.15) is 0 Å². The Balaban J connectivity index is 0.00000400. The number of carbonyl (C=O) groups excluding carboxylic acids is 1. The van der Waals surface area contributed by atoms with Gasteiger partial charge >= 0.3 is 6.18 Å². The average molecular weight is 325 g/mol. The van der Waals surface area contributed by atoms with Crippen LogP contribution in [0, 0.1) is 0 Å². The third-order valence-corrected chi connectivity index (χ3v) is 2.80. The van der Waals surface area contributed by atoms with Gasteiger partial charge in [-0.3, -0.25) is 4.79 Å². The first-order chi connectivity index (χ1) is 9.28. The third-order valence-electron chi connectivity index (χ3n) is 2.80. The van der Waals surface area contributed by atoms with Gasteiger partial charge in [-0.05, 0) is 31.4 Å². The van der Waals surface area contributed by atoms with Crippen molar-refractivity contribution in [2.75, 3.05) is 5.32 Å². The van der Waals surface area contributed by atoms with Gasteiger partial charge in [0.15, 0.2) is 0 Å². The molecule has 120 valence electrons. The second kappa shape index (κ2) is 8.89. The summed E-state index contributed by atoms with van der Waals surface area (Å²) in [5.74, 6) is -0.234. The number of benzene rings is 1. The van der Waals surface area contributed by atoms with Crippen molar-refractivity contribution in [2.24, 2.45) is 5.73 Å². The number of carbonyl (C=O) groups is 1. The predicted molar refractivity (Wildman–Crippen MR) is 79.6 cm³/mol. The molecule has 21 heavy (non-hydrogen) atoms. The van der Waals surface area contributed by atoms with Gasteiger partial charge in [-0.15, -0.1) is 12.4 Å². The van der Waals surface area contributed by atoms with E-state index in [1.54, 1.807) is 31.2 Å². The van der Waals surface area contributed by atoms with Crippen LogP contribution < -0.4 is 11.1 Å². The molecule has 1 atom stereocenters. The van der Waals surface area contributed by atoms with Gasteiger partial charge in [0.2, 0.25) is 5.91 Å². The highest BCUT2D eigenvalue weighted by Gasteiger charge is 2.26. The van der Waals surface area contributed by atoms with Crippen LogP contribution in [0.15, 0.2) is 24.3 Å². The fraction of sp³-hybridized carbons (Fsp3) is 0.500. The van der Waals surface area contributed by atoms with Crippen LogP contribution in [0.2, 0.25) is 0 Å². The van der Waals surface area contributed by atoms with Crippen LogP contribution in [0.3, 0.4) is 0 Å². The first-order valence-corrected chi connectivity index (χ1v) is 6.48. The maximum absolute atomic E-state index is 12.2. The Morgan fingerprint density at radius 2 is 1.95 bits per heavy atom. The molecule has 0 fully saturated rings. The Bertz CT molecular complexity index is 450. The zero-order valence-electron chi connectivity index (χ0n) is 11.7. The van der Waals surface area contributed by atoms with Crippen LogP contribution in [-0.2, 0) is 11.2 Å². The second-order valence-corrected chi connectivity index (χ2v) is 4.84. The summed E-state index contributed by atoms with van der Waals surface area (Å²) in [5, 5.41) is 2.64. The molecule has 1 unspecified atom stereocenters. The summed E-state index contributed by atoms with van der Waals surface area (Å²) in [4.78, 5) is 11.7. The van der Waals surface area contributed by atoms with Gasteiger partial charge in [0.05, 0.1) is 0 Å². The number of amides is 1. The van der Waals surface area contributed by atoms with Gasteiger partial charge in [-0.2, -0.15) is 13.2 Å². The van der Waals surface area contributed by atoms with E-state index in [1.165, 1.54) is 0 Å². The molecule has 3 N–H and O–H groups in total. The van der Waals surface area contributed by atoms with Crippen molar-refractivity contribution in [2.45, 2.75) is 44.8 Å². The average Bonchev–Trinajstić information content (AvgIpc) is 2.34. The van der Waals surface area contributed by atoms with E-state index in [1.807, 2.05) is 0 Å². The van der Waals surface area contributed by atoms with Gasteiger partial charge in [0.25, 0.3) is 0 Å². The van der Waals surface area contributed by atoms with Crippen molar-refractivity contribution in [3.8, 4) is 0 Å². The Labute approximate surface area is 128 Å². The van der Waals surface area contributed by atoms with Crippen LogP contribution in [0.4, 0.5) is 18.9 Å². The van der Waals surface area contributed by atoms with E-state index in [4.69, 9.17) is 5.73 Å². The van der Waals surface area contributed by atoms with Crippen LogP contribution in [0.5, 0.6) is 0 Å². The largest absolute Gasteiger partial charge is 0.389 e. The molecule has 0 aliphatic heterocycles. The SMILES string of the molecule is CC(N)CCC(=O)Nc1ccccc1CCC(F)(F)F.Cl. The molecule has 0 aliphatic rings. The highest BCUT2D eigenvalue weighted by atomic mass is 35.5. The van der Waals surface area contributed by atoms with Crippen molar-refractivity contribution >= 4 is 24.0 Å². The van der Waals surface area contributed by atoms with Crippen LogP contribution >= 0.6 is 12.4 Å². The third kappa shape index (κ3) is 8.57. The van der Waals surface area contributed by atoms with E-state index in [9.17, 15) is 18.0 Å². The molecule has 7 heteroatoms. The normalized spacial score (nSPS) is 12.4. The zero-order chi connectivity index (χ0) is 15.2. The minimum atomic E-state index is -4.20. The second-order valence-electron chi connectivity index (χ2n) is 4.84. The number of nitrogens with two attached hydrogens (primary N) is 1. The number of rotatable bonds is 6. The smallest absolute Gasteiger partial charge is 0.328 e. The molecule has 0 spiro atoms. The Morgan fingerprint density at radius 1 is 1.33 bits per heavy atom. The number of nitrogens with one attached hydrogen (secondary N) is 1. The van der Waals surface area contributed by atoms with Gasteiger partial charge < -0.3 is 11.1 Å². The lowest BCUT2D eigenvalue weighted by Gasteiger charge is -2.12. The summed E-state index contributed by atoms with van der Waals surface area (Å²) in [6.07, 6.45) is -4.46.